The molecule has 2 nitrogen and oxygen atoms in total. The Balaban J connectivity index is 2.41. The minimum atomic E-state index is -0.219. The van der Waals surface area contributed by atoms with Crippen molar-refractivity contribution >= 4 is 11.5 Å². The highest BCUT2D eigenvalue weighted by Gasteiger charge is 2.15. The van der Waals surface area contributed by atoms with Crippen molar-refractivity contribution in [1.82, 2.24) is 0 Å². The van der Waals surface area contributed by atoms with Crippen LogP contribution >= 0.6 is 0 Å². The standard InChI is InChI=1S/C16H20O2/c1-3-18-15(17)11-14-9-5-4-8-13-10-6-7-12(2)16(13)14/h6-7,10-11H,3-5,8-9H2,1-2H3/b14-11+. The SMILES string of the molecule is CCOC(=O)/C=C1\CCCCc2cccc(C)c21. The number of hydrogen-bond acceptors (Lipinski definition) is 2. The molecule has 0 bridgehead atoms. The van der Waals surface area contributed by atoms with E-state index < -0.39 is 0 Å². The molecule has 1 aliphatic rings. The number of benzene rings is 1. The Morgan fingerprint density at radius 3 is 2.89 bits per heavy atom. The molecule has 0 saturated carbocycles. The van der Waals surface area contributed by atoms with Crippen LogP contribution in [0.5, 0.6) is 0 Å². The molecule has 0 aromatic heterocycles. The molecule has 0 saturated heterocycles. The monoisotopic (exact) mass is 244 g/mol. The van der Waals surface area contributed by atoms with Gasteiger partial charge in [0.2, 0.25) is 0 Å². The minimum absolute atomic E-state index is 0.219. The van der Waals surface area contributed by atoms with E-state index in [1.807, 2.05) is 6.92 Å². The van der Waals surface area contributed by atoms with E-state index in [1.165, 1.54) is 23.1 Å². The van der Waals surface area contributed by atoms with E-state index in [2.05, 4.69) is 25.1 Å². The summed E-state index contributed by atoms with van der Waals surface area (Å²) in [6.07, 6.45) is 6.09. The Kier molecular flexibility index (Phi) is 4.19. The number of ether oxygens (including phenoxy) is 1. The molecule has 2 heteroatoms. The van der Waals surface area contributed by atoms with Crippen molar-refractivity contribution in [3.8, 4) is 0 Å². The molecule has 1 aromatic carbocycles. The second kappa shape index (κ2) is 5.85. The van der Waals surface area contributed by atoms with Crippen LogP contribution in [-0.2, 0) is 16.0 Å². The van der Waals surface area contributed by atoms with E-state index in [4.69, 9.17) is 4.74 Å². The third kappa shape index (κ3) is 2.81. The van der Waals surface area contributed by atoms with Crippen LogP contribution in [0.2, 0.25) is 0 Å². The molecular formula is C16H20O2. The molecule has 0 fully saturated rings. The maximum Gasteiger partial charge on any atom is 0.331 e. The van der Waals surface area contributed by atoms with E-state index in [0.717, 1.165) is 24.8 Å². The Hall–Kier alpha value is -1.57. The topological polar surface area (TPSA) is 26.3 Å². The molecule has 96 valence electrons. The molecule has 0 aliphatic heterocycles. The summed E-state index contributed by atoms with van der Waals surface area (Å²) in [4.78, 5) is 11.6. The number of allylic oxidation sites excluding steroid dienone is 1. The first-order valence-electron chi connectivity index (χ1n) is 6.68. The van der Waals surface area contributed by atoms with Gasteiger partial charge in [0.25, 0.3) is 0 Å². The Labute approximate surface area is 109 Å². The fourth-order valence-electron chi connectivity index (χ4n) is 2.62. The van der Waals surface area contributed by atoms with Crippen LogP contribution < -0.4 is 0 Å². The molecule has 18 heavy (non-hydrogen) atoms. The van der Waals surface area contributed by atoms with Gasteiger partial charge in [-0.05, 0) is 61.8 Å². The lowest BCUT2D eigenvalue weighted by atomic mass is 9.93. The van der Waals surface area contributed by atoms with Crippen molar-refractivity contribution < 1.29 is 9.53 Å². The summed E-state index contributed by atoms with van der Waals surface area (Å²) in [6.45, 7) is 4.38. The summed E-state index contributed by atoms with van der Waals surface area (Å²) in [5.41, 5.74) is 5.02. The van der Waals surface area contributed by atoms with Crippen LogP contribution in [0.1, 0.15) is 42.9 Å². The van der Waals surface area contributed by atoms with Crippen LogP contribution in [0.3, 0.4) is 0 Å². The van der Waals surface area contributed by atoms with E-state index in [9.17, 15) is 4.79 Å². The highest BCUT2D eigenvalue weighted by Crippen LogP contribution is 2.32. The molecular weight excluding hydrogens is 224 g/mol. The molecule has 0 radical (unpaired) electrons. The number of aryl methyl sites for hydroxylation is 2. The minimum Gasteiger partial charge on any atom is -0.463 e. The average Bonchev–Trinajstić information content (AvgIpc) is 2.53. The van der Waals surface area contributed by atoms with Gasteiger partial charge in [0.15, 0.2) is 0 Å². The quantitative estimate of drug-likeness (QED) is 0.451. The lowest BCUT2D eigenvalue weighted by molar-refractivity contribution is -0.137. The lowest BCUT2D eigenvalue weighted by Gasteiger charge is -2.12. The van der Waals surface area contributed by atoms with Gasteiger partial charge in [0.1, 0.15) is 0 Å². The zero-order chi connectivity index (χ0) is 13.0. The van der Waals surface area contributed by atoms with Crippen molar-refractivity contribution in [2.75, 3.05) is 6.61 Å². The third-order valence-electron chi connectivity index (χ3n) is 3.40. The lowest BCUT2D eigenvalue weighted by Crippen LogP contribution is -2.02. The predicted octanol–water partition coefficient (Wildman–Crippen LogP) is 3.67. The predicted molar refractivity (Wildman–Crippen MR) is 73.3 cm³/mol. The zero-order valence-corrected chi connectivity index (χ0v) is 11.2. The van der Waals surface area contributed by atoms with Gasteiger partial charge in [-0.3, -0.25) is 0 Å². The van der Waals surface area contributed by atoms with Crippen molar-refractivity contribution in [2.24, 2.45) is 0 Å². The average molecular weight is 244 g/mol. The molecule has 1 aromatic rings. The largest absolute Gasteiger partial charge is 0.463 e. The highest BCUT2D eigenvalue weighted by molar-refractivity contribution is 5.92. The number of fused-ring (bicyclic) bond motifs is 1. The molecule has 0 heterocycles. The Morgan fingerprint density at radius 2 is 2.11 bits per heavy atom. The van der Waals surface area contributed by atoms with Gasteiger partial charge in [-0.2, -0.15) is 0 Å². The van der Waals surface area contributed by atoms with Gasteiger partial charge in [0, 0.05) is 6.08 Å². The Bertz CT molecular complexity index is 472. The molecule has 0 N–H and O–H groups in total. The van der Waals surface area contributed by atoms with Crippen LogP contribution in [0.15, 0.2) is 24.3 Å². The Morgan fingerprint density at radius 1 is 1.33 bits per heavy atom. The molecule has 0 spiro atoms. The van der Waals surface area contributed by atoms with Crippen LogP contribution in [0, 0.1) is 6.92 Å². The van der Waals surface area contributed by atoms with E-state index >= 15 is 0 Å². The van der Waals surface area contributed by atoms with Crippen LogP contribution in [0.4, 0.5) is 0 Å². The van der Waals surface area contributed by atoms with E-state index in [0.29, 0.717) is 6.61 Å². The van der Waals surface area contributed by atoms with Gasteiger partial charge in [0.05, 0.1) is 6.61 Å². The van der Waals surface area contributed by atoms with E-state index in [-0.39, 0.29) is 5.97 Å². The summed E-state index contributed by atoms with van der Waals surface area (Å²) < 4.78 is 5.03. The number of hydrogen-bond donors (Lipinski definition) is 0. The third-order valence-corrected chi connectivity index (χ3v) is 3.40. The van der Waals surface area contributed by atoms with Gasteiger partial charge in [-0.15, -0.1) is 0 Å². The molecule has 2 rings (SSSR count). The summed E-state index contributed by atoms with van der Waals surface area (Å²) >= 11 is 0. The first-order chi connectivity index (χ1) is 8.72. The van der Waals surface area contributed by atoms with Gasteiger partial charge in [-0.25, -0.2) is 4.79 Å². The van der Waals surface area contributed by atoms with Crippen LogP contribution in [-0.4, -0.2) is 12.6 Å². The fourth-order valence-corrected chi connectivity index (χ4v) is 2.62. The summed E-state index contributed by atoms with van der Waals surface area (Å²) in [7, 11) is 0. The highest BCUT2D eigenvalue weighted by atomic mass is 16.5. The van der Waals surface area contributed by atoms with Gasteiger partial charge >= 0.3 is 5.97 Å². The van der Waals surface area contributed by atoms with Crippen molar-refractivity contribution in [3.63, 3.8) is 0 Å². The first kappa shape index (κ1) is 12.9. The van der Waals surface area contributed by atoms with Crippen molar-refractivity contribution in [2.45, 2.75) is 39.5 Å². The van der Waals surface area contributed by atoms with Crippen molar-refractivity contribution in [1.29, 1.82) is 0 Å². The normalized spacial score (nSPS) is 17.1. The maximum absolute atomic E-state index is 11.6. The smallest absolute Gasteiger partial charge is 0.331 e. The van der Waals surface area contributed by atoms with Crippen molar-refractivity contribution in [3.05, 3.63) is 41.0 Å². The van der Waals surface area contributed by atoms with Gasteiger partial charge < -0.3 is 4.74 Å². The fraction of sp³-hybridized carbons (Fsp3) is 0.438. The molecule has 0 unspecified atom stereocenters. The van der Waals surface area contributed by atoms with E-state index in [1.54, 1.807) is 6.08 Å². The second-order valence-electron chi connectivity index (χ2n) is 4.74. The summed E-state index contributed by atoms with van der Waals surface area (Å²) in [5, 5.41) is 0. The molecule has 1 aliphatic carbocycles. The molecule has 0 amide bonds. The first-order valence-corrected chi connectivity index (χ1v) is 6.68. The molecule has 0 atom stereocenters. The number of esters is 1. The van der Waals surface area contributed by atoms with Crippen LogP contribution in [0.25, 0.3) is 5.57 Å². The summed E-state index contributed by atoms with van der Waals surface area (Å²) in [6, 6.07) is 6.39. The number of carbonyl (C=O) groups is 1. The number of carbonyl (C=O) groups excluding carboxylic acids is 1. The second-order valence-corrected chi connectivity index (χ2v) is 4.74. The van der Waals surface area contributed by atoms with Gasteiger partial charge in [-0.1, -0.05) is 18.2 Å². The summed E-state index contributed by atoms with van der Waals surface area (Å²) in [5.74, 6) is -0.219. The number of rotatable bonds is 2. The maximum atomic E-state index is 11.6. The zero-order valence-electron chi connectivity index (χ0n) is 11.2.